The lowest BCUT2D eigenvalue weighted by molar-refractivity contribution is 0.515. The molecule has 0 amide bonds. The minimum absolute atomic E-state index is 0.595. The van der Waals surface area contributed by atoms with Crippen molar-refractivity contribution in [3.05, 3.63) is 34.9 Å². The monoisotopic (exact) mass is 302 g/mol. The molecule has 90 valence electrons. The Labute approximate surface area is 113 Å². The Balaban J connectivity index is 2.53. The van der Waals surface area contributed by atoms with Crippen LogP contribution >= 0.6 is 27.5 Å². The highest BCUT2D eigenvalue weighted by Gasteiger charge is 2.10. The van der Waals surface area contributed by atoms with E-state index >= 15 is 0 Å². The molecule has 0 saturated carbocycles. The predicted octanol–water partition coefficient (Wildman–Crippen LogP) is 5.64. The Kier molecular flexibility index (Phi) is 6.45. The molecule has 1 atom stereocenters. The van der Waals surface area contributed by atoms with Crippen LogP contribution in [0, 0.1) is 5.92 Å². The average Bonchev–Trinajstić information content (AvgIpc) is 2.24. The number of rotatable bonds is 6. The Morgan fingerprint density at radius 3 is 2.56 bits per heavy atom. The normalized spacial score (nSPS) is 13.1. The van der Waals surface area contributed by atoms with Crippen LogP contribution in [0.4, 0.5) is 0 Å². The quantitative estimate of drug-likeness (QED) is 0.596. The van der Waals surface area contributed by atoms with Crippen LogP contribution < -0.4 is 0 Å². The largest absolute Gasteiger partial charge is 0.0921 e. The highest BCUT2D eigenvalue weighted by Crippen LogP contribution is 2.27. The van der Waals surface area contributed by atoms with E-state index in [0.29, 0.717) is 5.92 Å². The van der Waals surface area contributed by atoms with Crippen molar-refractivity contribution in [2.24, 2.45) is 5.92 Å². The van der Waals surface area contributed by atoms with Gasteiger partial charge in [0.1, 0.15) is 0 Å². The van der Waals surface area contributed by atoms with Gasteiger partial charge in [0.15, 0.2) is 0 Å². The lowest BCUT2D eigenvalue weighted by Crippen LogP contribution is -2.01. The second-order valence-electron chi connectivity index (χ2n) is 4.73. The lowest BCUT2D eigenvalue weighted by Gasteiger charge is -2.15. The molecule has 0 N–H and O–H groups in total. The maximum Gasteiger partial charge on any atom is 0.0408 e. The Hall–Kier alpha value is -0.0100. The molecular weight excluding hydrogens is 284 g/mol. The van der Waals surface area contributed by atoms with Gasteiger partial charge in [-0.15, -0.1) is 0 Å². The van der Waals surface area contributed by atoms with Crippen molar-refractivity contribution in [2.45, 2.75) is 39.0 Å². The van der Waals surface area contributed by atoms with Gasteiger partial charge in [-0.05, 0) is 36.0 Å². The summed E-state index contributed by atoms with van der Waals surface area (Å²) < 4.78 is 0. The predicted molar refractivity (Wildman–Crippen MR) is 76.7 cm³/mol. The summed E-state index contributed by atoms with van der Waals surface area (Å²) in [6, 6.07) is 8.23. The van der Waals surface area contributed by atoms with Crippen LogP contribution in [0.15, 0.2) is 24.3 Å². The van der Waals surface area contributed by atoms with E-state index in [1.807, 2.05) is 12.1 Å². The van der Waals surface area contributed by atoms with Gasteiger partial charge in [0.25, 0.3) is 0 Å². The molecule has 16 heavy (non-hydrogen) atoms. The molecule has 1 aromatic carbocycles. The molecule has 1 unspecified atom stereocenters. The minimum Gasteiger partial charge on any atom is -0.0921 e. The molecule has 0 saturated heterocycles. The first-order chi connectivity index (χ1) is 7.63. The SMILES string of the molecule is CC(C)CCCC(CBr)c1cccc(Cl)c1. The van der Waals surface area contributed by atoms with E-state index in [1.165, 1.54) is 24.8 Å². The van der Waals surface area contributed by atoms with Gasteiger partial charge in [0.05, 0.1) is 0 Å². The smallest absolute Gasteiger partial charge is 0.0408 e. The highest BCUT2D eigenvalue weighted by molar-refractivity contribution is 9.09. The molecule has 0 nitrogen and oxygen atoms in total. The zero-order valence-corrected chi connectivity index (χ0v) is 12.4. The fourth-order valence-corrected chi connectivity index (χ4v) is 2.76. The Morgan fingerprint density at radius 2 is 2.00 bits per heavy atom. The molecule has 0 radical (unpaired) electrons. The zero-order chi connectivity index (χ0) is 12.0. The van der Waals surface area contributed by atoms with Gasteiger partial charge in [-0.1, -0.05) is 66.4 Å². The van der Waals surface area contributed by atoms with Crippen molar-refractivity contribution in [1.29, 1.82) is 0 Å². The van der Waals surface area contributed by atoms with Gasteiger partial charge < -0.3 is 0 Å². The molecule has 0 heterocycles. The molecular formula is C14H20BrCl. The number of benzene rings is 1. The molecule has 2 heteroatoms. The van der Waals surface area contributed by atoms with Crippen LogP contribution in [0.1, 0.15) is 44.6 Å². The summed E-state index contributed by atoms with van der Waals surface area (Å²) >= 11 is 9.62. The molecule has 0 aliphatic heterocycles. The number of hydrogen-bond donors (Lipinski definition) is 0. The molecule has 1 aromatic rings. The summed E-state index contributed by atoms with van der Waals surface area (Å²) in [5, 5.41) is 1.86. The lowest BCUT2D eigenvalue weighted by atomic mass is 9.93. The van der Waals surface area contributed by atoms with Crippen LogP contribution in [-0.2, 0) is 0 Å². The molecule has 0 aliphatic carbocycles. The fraction of sp³-hybridized carbons (Fsp3) is 0.571. The van der Waals surface area contributed by atoms with Gasteiger partial charge in [-0.2, -0.15) is 0 Å². The van der Waals surface area contributed by atoms with Crippen LogP contribution in [0.5, 0.6) is 0 Å². The first-order valence-electron chi connectivity index (χ1n) is 5.95. The highest BCUT2D eigenvalue weighted by atomic mass is 79.9. The minimum atomic E-state index is 0.595. The van der Waals surface area contributed by atoms with Crippen molar-refractivity contribution in [3.8, 4) is 0 Å². The molecule has 0 bridgehead atoms. The molecule has 0 spiro atoms. The first-order valence-corrected chi connectivity index (χ1v) is 7.45. The number of alkyl halides is 1. The van der Waals surface area contributed by atoms with Crippen LogP contribution in [-0.4, -0.2) is 5.33 Å². The van der Waals surface area contributed by atoms with Crippen molar-refractivity contribution in [3.63, 3.8) is 0 Å². The summed E-state index contributed by atoms with van der Waals surface area (Å²) in [6.07, 6.45) is 3.84. The average molecular weight is 304 g/mol. The van der Waals surface area contributed by atoms with E-state index in [4.69, 9.17) is 11.6 Å². The Bertz CT molecular complexity index is 309. The van der Waals surface area contributed by atoms with Crippen molar-refractivity contribution in [1.82, 2.24) is 0 Å². The third kappa shape index (κ3) is 4.88. The van der Waals surface area contributed by atoms with Gasteiger partial charge >= 0.3 is 0 Å². The third-order valence-corrected chi connectivity index (χ3v) is 3.86. The summed E-state index contributed by atoms with van der Waals surface area (Å²) in [5.74, 6) is 1.40. The molecule has 1 rings (SSSR count). The molecule has 0 fully saturated rings. The third-order valence-electron chi connectivity index (χ3n) is 2.84. The second kappa shape index (κ2) is 7.34. The van der Waals surface area contributed by atoms with E-state index in [2.05, 4.69) is 41.9 Å². The van der Waals surface area contributed by atoms with Crippen LogP contribution in [0.25, 0.3) is 0 Å². The maximum atomic E-state index is 6.02. The molecule has 0 aliphatic rings. The topological polar surface area (TPSA) is 0 Å². The second-order valence-corrected chi connectivity index (χ2v) is 5.81. The standard InChI is InChI=1S/C14H20BrCl/c1-11(2)5-3-7-13(10-15)12-6-4-8-14(16)9-12/h4,6,8-9,11,13H,3,5,7,10H2,1-2H3. The van der Waals surface area contributed by atoms with Gasteiger partial charge in [0.2, 0.25) is 0 Å². The Morgan fingerprint density at radius 1 is 1.25 bits per heavy atom. The van der Waals surface area contributed by atoms with E-state index in [9.17, 15) is 0 Å². The van der Waals surface area contributed by atoms with Crippen LogP contribution in [0.3, 0.4) is 0 Å². The van der Waals surface area contributed by atoms with Crippen molar-refractivity contribution >= 4 is 27.5 Å². The fourth-order valence-electron chi connectivity index (χ4n) is 1.87. The van der Waals surface area contributed by atoms with E-state index < -0.39 is 0 Å². The molecule has 0 aromatic heterocycles. The summed E-state index contributed by atoms with van der Waals surface area (Å²) in [5.41, 5.74) is 1.35. The number of hydrogen-bond acceptors (Lipinski definition) is 0. The zero-order valence-electron chi connectivity index (χ0n) is 10.0. The van der Waals surface area contributed by atoms with Gasteiger partial charge in [-0.3, -0.25) is 0 Å². The van der Waals surface area contributed by atoms with E-state index in [1.54, 1.807) is 0 Å². The summed E-state index contributed by atoms with van der Waals surface area (Å²) in [7, 11) is 0. The van der Waals surface area contributed by atoms with E-state index in [0.717, 1.165) is 16.3 Å². The first kappa shape index (κ1) is 14.1. The van der Waals surface area contributed by atoms with Crippen molar-refractivity contribution in [2.75, 3.05) is 5.33 Å². The summed E-state index contributed by atoms with van der Waals surface area (Å²) in [4.78, 5) is 0. The maximum absolute atomic E-state index is 6.02. The number of halogens is 2. The van der Waals surface area contributed by atoms with Gasteiger partial charge in [-0.25, -0.2) is 0 Å². The van der Waals surface area contributed by atoms with Crippen molar-refractivity contribution < 1.29 is 0 Å². The summed E-state index contributed by atoms with van der Waals surface area (Å²) in [6.45, 7) is 4.56. The van der Waals surface area contributed by atoms with E-state index in [-0.39, 0.29) is 0 Å². The van der Waals surface area contributed by atoms with Crippen LogP contribution in [0.2, 0.25) is 5.02 Å². The van der Waals surface area contributed by atoms with Gasteiger partial charge in [0, 0.05) is 10.4 Å².